The van der Waals surface area contributed by atoms with E-state index in [-0.39, 0.29) is 5.91 Å². The van der Waals surface area contributed by atoms with Crippen molar-refractivity contribution in [1.29, 1.82) is 0 Å². The summed E-state index contributed by atoms with van der Waals surface area (Å²) in [6.45, 7) is 4.01. The van der Waals surface area contributed by atoms with Crippen LogP contribution >= 0.6 is 0 Å². The quantitative estimate of drug-likeness (QED) is 0.784. The number of hydrogen-bond acceptors (Lipinski definition) is 1. The molecule has 2 aromatic rings. The summed E-state index contributed by atoms with van der Waals surface area (Å²) in [5.41, 5.74) is 1.77. The van der Waals surface area contributed by atoms with Gasteiger partial charge in [-0.1, -0.05) is 38.0 Å². The summed E-state index contributed by atoms with van der Waals surface area (Å²) in [6.07, 6.45) is 10.2. The molecule has 0 aliphatic rings. The van der Waals surface area contributed by atoms with E-state index in [1.54, 1.807) is 0 Å². The molecular formula is C18H22N2O. The molecule has 2 rings (SSSR count). The van der Waals surface area contributed by atoms with Crippen molar-refractivity contribution in [2.75, 3.05) is 0 Å². The number of rotatable bonds is 6. The monoisotopic (exact) mass is 282 g/mol. The second-order valence-electron chi connectivity index (χ2n) is 5.34. The summed E-state index contributed by atoms with van der Waals surface area (Å²) < 4.78 is 0. The Morgan fingerprint density at radius 1 is 1.33 bits per heavy atom. The number of nitrogens with one attached hydrogen (secondary N) is 2. The summed E-state index contributed by atoms with van der Waals surface area (Å²) in [6, 6.07) is 8.12. The molecular weight excluding hydrogens is 260 g/mol. The predicted octanol–water partition coefficient (Wildman–Crippen LogP) is 3.41. The molecule has 0 aliphatic carbocycles. The van der Waals surface area contributed by atoms with Crippen molar-refractivity contribution in [2.24, 2.45) is 0 Å². The zero-order chi connectivity index (χ0) is 15.3. The number of H-pyrrole nitrogens is 1. The first kappa shape index (κ1) is 15.2. The van der Waals surface area contributed by atoms with Gasteiger partial charge in [0.25, 0.3) is 0 Å². The van der Waals surface area contributed by atoms with E-state index in [0.29, 0.717) is 12.8 Å². The number of aromatic amines is 1. The first-order chi connectivity index (χ1) is 10.1. The molecule has 21 heavy (non-hydrogen) atoms. The average molecular weight is 282 g/mol. The smallest absolute Gasteiger partial charge is 0.221 e. The number of terminal acetylenes is 1. The molecule has 110 valence electrons. The van der Waals surface area contributed by atoms with E-state index < -0.39 is 5.54 Å². The molecule has 2 N–H and O–H groups in total. The molecule has 0 bridgehead atoms. The van der Waals surface area contributed by atoms with Crippen molar-refractivity contribution in [3.05, 3.63) is 36.0 Å². The summed E-state index contributed by atoms with van der Waals surface area (Å²) >= 11 is 0. The predicted molar refractivity (Wildman–Crippen MR) is 86.9 cm³/mol. The van der Waals surface area contributed by atoms with Crippen molar-refractivity contribution in [3.63, 3.8) is 0 Å². The van der Waals surface area contributed by atoms with Crippen LogP contribution in [0.25, 0.3) is 10.9 Å². The zero-order valence-corrected chi connectivity index (χ0v) is 12.7. The molecule has 0 radical (unpaired) electrons. The van der Waals surface area contributed by atoms with Crippen LogP contribution in [0.4, 0.5) is 0 Å². The van der Waals surface area contributed by atoms with Gasteiger partial charge in [0.2, 0.25) is 5.91 Å². The molecule has 1 amide bonds. The number of aryl methyl sites for hydroxylation is 1. The minimum Gasteiger partial charge on any atom is -0.361 e. The first-order valence-electron chi connectivity index (χ1n) is 7.48. The molecule has 1 aromatic carbocycles. The molecule has 0 atom stereocenters. The lowest BCUT2D eigenvalue weighted by Gasteiger charge is -2.27. The number of para-hydroxylation sites is 1. The third-order valence-electron chi connectivity index (χ3n) is 4.16. The maximum atomic E-state index is 12.1. The molecule has 3 nitrogen and oxygen atoms in total. The highest BCUT2D eigenvalue weighted by Gasteiger charge is 2.24. The lowest BCUT2D eigenvalue weighted by Crippen LogP contribution is -2.46. The van der Waals surface area contributed by atoms with Gasteiger partial charge in [-0.3, -0.25) is 4.79 Å². The number of fused-ring (bicyclic) bond motifs is 1. The van der Waals surface area contributed by atoms with Crippen molar-refractivity contribution < 1.29 is 4.79 Å². The van der Waals surface area contributed by atoms with E-state index >= 15 is 0 Å². The number of benzene rings is 1. The Labute approximate surface area is 126 Å². The second kappa shape index (κ2) is 6.49. The van der Waals surface area contributed by atoms with E-state index in [1.807, 2.05) is 38.2 Å². The van der Waals surface area contributed by atoms with Gasteiger partial charge >= 0.3 is 0 Å². The Morgan fingerprint density at radius 2 is 2.05 bits per heavy atom. The van der Waals surface area contributed by atoms with E-state index in [9.17, 15) is 4.79 Å². The van der Waals surface area contributed by atoms with Crippen LogP contribution < -0.4 is 5.32 Å². The average Bonchev–Trinajstić information content (AvgIpc) is 2.94. The highest BCUT2D eigenvalue weighted by Crippen LogP contribution is 2.19. The Balaban J connectivity index is 2.00. The normalized spacial score (nSPS) is 11.3. The van der Waals surface area contributed by atoms with Crippen LogP contribution in [0.5, 0.6) is 0 Å². The van der Waals surface area contributed by atoms with Gasteiger partial charge in [0, 0.05) is 23.5 Å². The fourth-order valence-corrected chi connectivity index (χ4v) is 2.58. The van der Waals surface area contributed by atoms with Crippen LogP contribution in [0.15, 0.2) is 30.5 Å². The van der Waals surface area contributed by atoms with Gasteiger partial charge in [0.1, 0.15) is 5.54 Å². The van der Waals surface area contributed by atoms with Gasteiger partial charge in [-0.2, -0.15) is 0 Å². The van der Waals surface area contributed by atoms with Crippen LogP contribution in [-0.4, -0.2) is 16.4 Å². The molecule has 0 saturated carbocycles. The zero-order valence-electron chi connectivity index (χ0n) is 12.7. The van der Waals surface area contributed by atoms with Crippen LogP contribution in [0, 0.1) is 12.3 Å². The first-order valence-corrected chi connectivity index (χ1v) is 7.48. The molecule has 0 spiro atoms. The highest BCUT2D eigenvalue weighted by molar-refractivity contribution is 5.84. The Hall–Kier alpha value is -2.21. The molecule has 0 fully saturated rings. The van der Waals surface area contributed by atoms with Gasteiger partial charge in [-0.05, 0) is 30.9 Å². The third kappa shape index (κ3) is 3.28. The van der Waals surface area contributed by atoms with Crippen LogP contribution in [0.2, 0.25) is 0 Å². The molecule has 1 heterocycles. The minimum atomic E-state index is -0.503. The maximum Gasteiger partial charge on any atom is 0.221 e. The standard InChI is InChI=1S/C18H22N2O/c1-4-18(5-2,6-3)20-17(21)12-11-14-13-19-16-10-8-7-9-15(14)16/h1,7-10,13,19H,5-6,11-12H2,2-3H3,(H,20,21). The van der Waals surface area contributed by atoms with Crippen molar-refractivity contribution in [1.82, 2.24) is 10.3 Å². The largest absolute Gasteiger partial charge is 0.361 e. The number of carbonyl (C=O) groups is 1. The van der Waals surface area contributed by atoms with Gasteiger partial charge in [0.15, 0.2) is 0 Å². The molecule has 3 heteroatoms. The molecule has 0 saturated heterocycles. The second-order valence-corrected chi connectivity index (χ2v) is 5.34. The molecule has 0 unspecified atom stereocenters. The Bertz CT molecular complexity index is 659. The van der Waals surface area contributed by atoms with E-state index in [1.165, 1.54) is 10.9 Å². The fourth-order valence-electron chi connectivity index (χ4n) is 2.58. The lowest BCUT2D eigenvalue weighted by atomic mass is 9.93. The fraction of sp³-hybridized carbons (Fsp3) is 0.389. The van der Waals surface area contributed by atoms with E-state index in [4.69, 9.17) is 6.42 Å². The number of amides is 1. The number of aromatic nitrogens is 1. The number of hydrogen-bond donors (Lipinski definition) is 2. The van der Waals surface area contributed by atoms with Gasteiger partial charge < -0.3 is 10.3 Å². The summed E-state index contributed by atoms with van der Waals surface area (Å²) in [5.74, 6) is 2.75. The minimum absolute atomic E-state index is 0.0157. The topological polar surface area (TPSA) is 44.9 Å². The molecule has 0 aliphatic heterocycles. The summed E-state index contributed by atoms with van der Waals surface area (Å²) in [7, 11) is 0. The van der Waals surface area contributed by atoms with Crippen molar-refractivity contribution in [3.8, 4) is 12.3 Å². The van der Waals surface area contributed by atoms with Crippen LogP contribution in [0.1, 0.15) is 38.7 Å². The van der Waals surface area contributed by atoms with Crippen molar-refractivity contribution >= 4 is 16.8 Å². The maximum absolute atomic E-state index is 12.1. The van der Waals surface area contributed by atoms with Crippen LogP contribution in [0.3, 0.4) is 0 Å². The van der Waals surface area contributed by atoms with E-state index in [0.717, 1.165) is 18.4 Å². The SMILES string of the molecule is C#CC(CC)(CC)NC(=O)CCc1c[nH]c2ccccc12. The van der Waals surface area contributed by atoms with Crippen LogP contribution in [-0.2, 0) is 11.2 Å². The number of carbonyl (C=O) groups excluding carboxylic acids is 1. The van der Waals surface area contributed by atoms with E-state index in [2.05, 4.69) is 22.3 Å². The lowest BCUT2D eigenvalue weighted by molar-refractivity contribution is -0.122. The van der Waals surface area contributed by atoms with Gasteiger partial charge in [0.05, 0.1) is 0 Å². The molecule has 1 aromatic heterocycles. The Morgan fingerprint density at radius 3 is 2.71 bits per heavy atom. The summed E-state index contributed by atoms with van der Waals surface area (Å²) in [4.78, 5) is 15.4. The summed E-state index contributed by atoms with van der Waals surface area (Å²) in [5, 5.41) is 4.18. The Kier molecular flexibility index (Phi) is 4.70. The highest BCUT2D eigenvalue weighted by atomic mass is 16.1. The van der Waals surface area contributed by atoms with Gasteiger partial charge in [-0.15, -0.1) is 6.42 Å². The third-order valence-corrected chi connectivity index (χ3v) is 4.16. The van der Waals surface area contributed by atoms with Crippen molar-refractivity contribution in [2.45, 2.75) is 45.1 Å². The van der Waals surface area contributed by atoms with Gasteiger partial charge in [-0.25, -0.2) is 0 Å².